The second-order valence-electron chi connectivity index (χ2n) is 23.6. The highest BCUT2D eigenvalue weighted by Crippen LogP contribution is 2.25. The third kappa shape index (κ3) is 23.0. The van der Waals surface area contributed by atoms with Crippen LogP contribution in [0.3, 0.4) is 0 Å². The summed E-state index contributed by atoms with van der Waals surface area (Å²) < 4.78 is 0. The van der Waals surface area contributed by atoms with Crippen molar-refractivity contribution < 1.29 is 67.7 Å². The predicted molar refractivity (Wildman–Crippen MR) is 320 cm³/mol. The fraction of sp³-hybridized carbons (Fsp3) is 0.710. The van der Waals surface area contributed by atoms with Crippen molar-refractivity contribution in [3.05, 3.63) is 35.9 Å². The van der Waals surface area contributed by atoms with Gasteiger partial charge in [0, 0.05) is 37.5 Å². The van der Waals surface area contributed by atoms with Gasteiger partial charge in [0.15, 0.2) is 17.3 Å². The Morgan fingerprint density at radius 2 is 1.00 bits per heavy atom. The van der Waals surface area contributed by atoms with Crippen molar-refractivity contribution in [1.29, 1.82) is 0 Å². The Morgan fingerprint density at radius 3 is 1.47 bits per heavy atom. The number of carbonyl (C=O) groups excluding carboxylic acids is 12. The van der Waals surface area contributed by atoms with Gasteiger partial charge in [0.05, 0.1) is 49.2 Å². The zero-order valence-electron chi connectivity index (χ0n) is 52.5. The highest BCUT2D eigenvalue weighted by Gasteiger charge is 2.41. The van der Waals surface area contributed by atoms with Gasteiger partial charge in [-0.2, -0.15) is 0 Å². The highest BCUT2D eigenvalue weighted by atomic mass is 16.3. The lowest BCUT2D eigenvalue weighted by molar-refractivity contribution is -0.138. The molecule has 9 amide bonds. The van der Waals surface area contributed by atoms with Crippen LogP contribution in [0.2, 0.25) is 0 Å². The molecule has 2 rings (SSSR count). The first-order valence-electron chi connectivity index (χ1n) is 30.6. The number of hydrogen-bond acceptors (Lipinski definition) is 14. The molecule has 478 valence electrons. The first kappa shape index (κ1) is 74.5. The van der Waals surface area contributed by atoms with E-state index in [2.05, 4.69) is 42.5 Å². The molecule has 1 aliphatic rings. The summed E-state index contributed by atoms with van der Waals surface area (Å²) in [5.74, 6) is -15.1. The Labute approximate surface area is 502 Å². The van der Waals surface area contributed by atoms with Crippen molar-refractivity contribution in [3.63, 3.8) is 0 Å². The van der Waals surface area contributed by atoms with E-state index >= 15 is 0 Å². The van der Waals surface area contributed by atoms with E-state index in [0.29, 0.717) is 44.9 Å². The van der Waals surface area contributed by atoms with Crippen molar-refractivity contribution in [2.45, 2.75) is 215 Å². The molecule has 0 aliphatic carbocycles. The van der Waals surface area contributed by atoms with Crippen LogP contribution in [0.1, 0.15) is 166 Å². The molecule has 85 heavy (non-hydrogen) atoms. The fourth-order valence-corrected chi connectivity index (χ4v) is 10.1. The van der Waals surface area contributed by atoms with Gasteiger partial charge >= 0.3 is 0 Å². The quantitative estimate of drug-likeness (QED) is 0.0465. The minimum atomic E-state index is -1.58. The van der Waals surface area contributed by atoms with Crippen LogP contribution in [0.4, 0.5) is 0 Å². The lowest BCUT2D eigenvalue weighted by Crippen LogP contribution is -2.62. The molecule has 17 atom stereocenters. The Hall–Kier alpha value is -6.62. The fourth-order valence-electron chi connectivity index (χ4n) is 10.1. The lowest BCUT2D eigenvalue weighted by atomic mass is 9.83. The summed E-state index contributed by atoms with van der Waals surface area (Å²) >= 11 is 0. The van der Waals surface area contributed by atoms with Crippen molar-refractivity contribution in [2.24, 2.45) is 59.0 Å². The number of hydrogen-bond donors (Lipinski definition) is 11. The molecule has 0 unspecified atom stereocenters. The summed E-state index contributed by atoms with van der Waals surface area (Å²) in [7, 11) is 0. The molecule has 1 fully saturated rings. The molecule has 0 aromatic heterocycles. The molecular formula is C62H101N9O14. The largest absolute Gasteiger partial charge is 0.396 e. The Morgan fingerprint density at radius 1 is 0.529 bits per heavy atom. The van der Waals surface area contributed by atoms with Crippen molar-refractivity contribution in [2.75, 3.05) is 13.2 Å². The van der Waals surface area contributed by atoms with Crippen LogP contribution in [0.25, 0.3) is 0 Å². The Balaban J connectivity index is 2.41. The van der Waals surface area contributed by atoms with E-state index in [9.17, 15) is 67.7 Å². The van der Waals surface area contributed by atoms with Gasteiger partial charge in [0.2, 0.25) is 53.2 Å². The number of aliphatic hydroxyl groups excluding tert-OH is 2. The van der Waals surface area contributed by atoms with Gasteiger partial charge in [-0.25, -0.2) is 0 Å². The number of nitrogens with two attached hydrogens (primary N) is 1. The van der Waals surface area contributed by atoms with E-state index in [0.717, 1.165) is 5.56 Å². The SMILES string of the molecule is CC[C@H](Cc1ccccc1)C(=O)N[C@H](C(=O)C[C@@H](CO)C(=O)N[C@H](CCC(N)=O)C(=O)C[C@@H](C(=O)N[C@H](C(=O)C[C@@H](CO)C(=O)N[C@H]1C(=O)N[C@@H](C)C(=O)N[C@@H]([C@@H](C)CC)C(=O)N[C@@H]([C@@H](C)CC)C(=O)N[C@H]1C)[C@@H](C)CC)[C@H](C)CC)[C@@H](C)CC. The maximum atomic E-state index is 14.5. The number of carbonyl (C=O) groups is 12. The van der Waals surface area contributed by atoms with Crippen LogP contribution in [-0.4, -0.2) is 142 Å². The lowest BCUT2D eigenvalue weighted by Gasteiger charge is -2.31. The smallest absolute Gasteiger partial charge is 0.245 e. The first-order chi connectivity index (χ1) is 40.1. The zero-order valence-corrected chi connectivity index (χ0v) is 52.5. The standard InChI is InChI=1S/C62H101N9O14/c1-14-33(7)44(30-46(74)45(25-26-49(63)77)66-57(80)42(31-72)28-47(75)50(34(8)15-2)67-56(79)41(19-6)27-40-23-21-20-22-24-40)59(82)68-51(35(9)16-3)48(76)29-43(32-73)58(81)71-54-38(12)64-60(83)52(36(10)17-4)70-61(84)53(37(11)18-5)69-55(78)39(13)65-62(54)85/h20-24,33-39,41-45,50-54,72-73H,14-19,25-32H2,1-13H3,(H2,63,77)(H,64,83)(H,65,85)(H,66,80)(H,67,79)(H,68,82)(H,69,78)(H,70,84)(H,71,81)/t33-,34+,35+,36+,37+,38+,39+,41-,42+,43+,44-,45-,50+,51+,52+,53+,54-/m1/s1. The van der Waals surface area contributed by atoms with Gasteiger partial charge < -0.3 is 58.5 Å². The summed E-state index contributed by atoms with van der Waals surface area (Å²) in [4.78, 5) is 166. The van der Waals surface area contributed by atoms with Gasteiger partial charge in [-0.05, 0) is 68.3 Å². The summed E-state index contributed by atoms with van der Waals surface area (Å²) in [6, 6.07) is -0.380. The average molecular weight is 1200 g/mol. The van der Waals surface area contributed by atoms with Crippen LogP contribution in [-0.2, 0) is 64.0 Å². The van der Waals surface area contributed by atoms with E-state index in [-0.39, 0.29) is 30.6 Å². The number of amides is 9. The molecule has 1 aliphatic heterocycles. The molecule has 1 aromatic carbocycles. The van der Waals surface area contributed by atoms with Gasteiger partial charge in [-0.3, -0.25) is 57.5 Å². The van der Waals surface area contributed by atoms with Crippen LogP contribution >= 0.6 is 0 Å². The van der Waals surface area contributed by atoms with Gasteiger partial charge in [-0.15, -0.1) is 0 Å². The van der Waals surface area contributed by atoms with Gasteiger partial charge in [0.1, 0.15) is 24.2 Å². The third-order valence-electron chi connectivity index (χ3n) is 17.2. The normalized spacial score (nSPS) is 22.0. The van der Waals surface area contributed by atoms with Crippen molar-refractivity contribution in [3.8, 4) is 0 Å². The number of rotatable bonds is 35. The third-order valence-corrected chi connectivity index (χ3v) is 17.2. The van der Waals surface area contributed by atoms with Crippen LogP contribution in [0.15, 0.2) is 30.3 Å². The summed E-state index contributed by atoms with van der Waals surface area (Å²) in [5.41, 5.74) is 6.44. The van der Waals surface area contributed by atoms with E-state index in [1.165, 1.54) is 13.8 Å². The second kappa shape index (κ2) is 37.1. The molecule has 0 saturated carbocycles. The molecule has 1 aromatic rings. The number of Topliss-reactive ketones (excluding diaryl/α,β-unsaturated/α-hetero) is 3. The maximum Gasteiger partial charge on any atom is 0.245 e. The monoisotopic (exact) mass is 1200 g/mol. The van der Waals surface area contributed by atoms with Crippen LogP contribution < -0.4 is 48.3 Å². The predicted octanol–water partition coefficient (Wildman–Crippen LogP) is 2.39. The number of benzene rings is 1. The zero-order chi connectivity index (χ0) is 64.4. The molecule has 23 heteroatoms. The molecule has 1 heterocycles. The second-order valence-corrected chi connectivity index (χ2v) is 23.6. The van der Waals surface area contributed by atoms with Crippen molar-refractivity contribution >= 4 is 70.5 Å². The Kier molecular flexibility index (Phi) is 32.5. The first-order valence-corrected chi connectivity index (χ1v) is 30.6. The van der Waals surface area contributed by atoms with Gasteiger partial charge in [-0.1, -0.05) is 139 Å². The summed E-state index contributed by atoms with van der Waals surface area (Å²) in [6.07, 6.45) is 0.808. The topological polar surface area (TPSA) is 368 Å². The van der Waals surface area contributed by atoms with E-state index in [1.54, 1.807) is 48.5 Å². The number of ketones is 3. The minimum absolute atomic E-state index is 0.289. The van der Waals surface area contributed by atoms with Crippen LogP contribution in [0, 0.1) is 53.3 Å². The number of primary amides is 1. The molecule has 0 spiro atoms. The Bertz CT molecular complexity index is 2430. The van der Waals surface area contributed by atoms with E-state index in [4.69, 9.17) is 5.73 Å². The van der Waals surface area contributed by atoms with Gasteiger partial charge in [0.25, 0.3) is 0 Å². The molecule has 0 radical (unpaired) electrons. The average Bonchev–Trinajstić information content (AvgIpc) is 3.84. The van der Waals surface area contributed by atoms with Crippen LogP contribution in [0.5, 0.6) is 0 Å². The molecule has 1 saturated heterocycles. The molecular weight excluding hydrogens is 1090 g/mol. The minimum Gasteiger partial charge on any atom is -0.396 e. The molecule has 0 bridgehead atoms. The summed E-state index contributed by atoms with van der Waals surface area (Å²) in [6.45, 7) is 20.7. The summed E-state index contributed by atoms with van der Waals surface area (Å²) in [5, 5.41) is 42.7. The number of aliphatic hydroxyl groups is 2. The molecule has 23 nitrogen and oxygen atoms in total. The maximum absolute atomic E-state index is 14.5. The number of nitrogens with one attached hydrogen (secondary N) is 8. The van der Waals surface area contributed by atoms with Crippen molar-refractivity contribution in [1.82, 2.24) is 42.5 Å². The van der Waals surface area contributed by atoms with E-state index < -0.39 is 187 Å². The van der Waals surface area contributed by atoms with E-state index in [1.807, 2.05) is 58.0 Å². The molecule has 12 N–H and O–H groups in total. The highest BCUT2D eigenvalue weighted by molar-refractivity contribution is 6.00.